The Labute approximate surface area is 75.3 Å². The van der Waals surface area contributed by atoms with Gasteiger partial charge < -0.3 is 10.2 Å². The second-order valence-corrected chi connectivity index (χ2v) is 3.57. The minimum Gasteiger partial charge on any atom is -0.302 e. The second-order valence-electron chi connectivity index (χ2n) is 3.57. The summed E-state index contributed by atoms with van der Waals surface area (Å²) in [5.41, 5.74) is 0. The van der Waals surface area contributed by atoms with Crippen molar-refractivity contribution in [3.8, 4) is 12.3 Å². The maximum absolute atomic E-state index is 5.27. The van der Waals surface area contributed by atoms with Crippen molar-refractivity contribution in [2.45, 2.75) is 31.8 Å². The Bertz CT molecular complexity index is 171. The Morgan fingerprint density at radius 1 is 1.75 bits per heavy atom. The van der Waals surface area contributed by atoms with Crippen molar-refractivity contribution >= 4 is 0 Å². The third kappa shape index (κ3) is 2.51. The molecule has 1 rings (SSSR count). The summed E-state index contributed by atoms with van der Waals surface area (Å²) in [7, 11) is 2.18. The molecule has 1 fully saturated rings. The number of likely N-dealkylation sites (tertiary alicyclic amines) is 1. The van der Waals surface area contributed by atoms with Gasteiger partial charge in [-0.3, -0.25) is 0 Å². The molecule has 1 saturated heterocycles. The Kier molecular flexibility index (Phi) is 3.58. The highest BCUT2D eigenvalue weighted by molar-refractivity contribution is 4.96. The van der Waals surface area contributed by atoms with Gasteiger partial charge in [0.2, 0.25) is 0 Å². The summed E-state index contributed by atoms with van der Waals surface area (Å²) < 4.78 is 0. The molecule has 0 aromatic carbocycles. The van der Waals surface area contributed by atoms with E-state index >= 15 is 0 Å². The van der Waals surface area contributed by atoms with Crippen LogP contribution in [0.15, 0.2) is 0 Å². The van der Waals surface area contributed by atoms with E-state index in [0.717, 1.165) is 6.54 Å². The number of hydrogen-bond acceptors (Lipinski definition) is 2. The first kappa shape index (κ1) is 9.57. The zero-order chi connectivity index (χ0) is 8.97. The van der Waals surface area contributed by atoms with Crippen molar-refractivity contribution in [3.63, 3.8) is 0 Å². The van der Waals surface area contributed by atoms with Gasteiger partial charge in [-0.25, -0.2) is 0 Å². The fourth-order valence-electron chi connectivity index (χ4n) is 1.61. The molecule has 2 heteroatoms. The fraction of sp³-hybridized carbons (Fsp3) is 0.800. The van der Waals surface area contributed by atoms with Gasteiger partial charge in [-0.2, -0.15) is 0 Å². The van der Waals surface area contributed by atoms with Crippen LogP contribution in [0.3, 0.4) is 0 Å². The van der Waals surface area contributed by atoms with Gasteiger partial charge in [0.15, 0.2) is 0 Å². The van der Waals surface area contributed by atoms with Gasteiger partial charge in [0.05, 0.1) is 6.04 Å². The number of rotatable bonds is 3. The highest BCUT2D eigenvalue weighted by Crippen LogP contribution is 2.13. The number of hydrogen-bond donors (Lipinski definition) is 1. The smallest absolute Gasteiger partial charge is 0.0658 e. The lowest BCUT2D eigenvalue weighted by atomic mass is 10.2. The van der Waals surface area contributed by atoms with E-state index in [0.29, 0.717) is 6.04 Å². The van der Waals surface area contributed by atoms with Crippen LogP contribution in [-0.2, 0) is 0 Å². The zero-order valence-electron chi connectivity index (χ0n) is 8.01. The van der Waals surface area contributed by atoms with E-state index < -0.39 is 0 Å². The molecular weight excluding hydrogens is 148 g/mol. The van der Waals surface area contributed by atoms with Gasteiger partial charge >= 0.3 is 0 Å². The predicted molar refractivity (Wildman–Crippen MR) is 51.9 cm³/mol. The molecule has 1 N–H and O–H groups in total. The van der Waals surface area contributed by atoms with Gasteiger partial charge in [-0.05, 0) is 33.4 Å². The van der Waals surface area contributed by atoms with Crippen molar-refractivity contribution in [2.24, 2.45) is 0 Å². The van der Waals surface area contributed by atoms with Crippen LogP contribution in [0.25, 0.3) is 0 Å². The summed E-state index contributed by atoms with van der Waals surface area (Å²) >= 11 is 0. The van der Waals surface area contributed by atoms with E-state index in [1.54, 1.807) is 0 Å². The highest BCUT2D eigenvalue weighted by Gasteiger charge is 2.20. The largest absolute Gasteiger partial charge is 0.302 e. The van der Waals surface area contributed by atoms with Crippen molar-refractivity contribution in [2.75, 3.05) is 20.1 Å². The van der Waals surface area contributed by atoms with Crippen molar-refractivity contribution in [3.05, 3.63) is 0 Å². The van der Waals surface area contributed by atoms with Crippen molar-refractivity contribution in [1.29, 1.82) is 0 Å². The van der Waals surface area contributed by atoms with Crippen LogP contribution in [0.2, 0.25) is 0 Å². The first-order chi connectivity index (χ1) is 5.74. The molecule has 0 aliphatic carbocycles. The number of terminal acetylenes is 1. The third-order valence-corrected chi connectivity index (χ3v) is 2.58. The molecule has 2 atom stereocenters. The van der Waals surface area contributed by atoms with Crippen LogP contribution in [0.5, 0.6) is 0 Å². The summed E-state index contributed by atoms with van der Waals surface area (Å²) in [4.78, 5) is 2.40. The van der Waals surface area contributed by atoms with Crippen molar-refractivity contribution < 1.29 is 0 Å². The lowest BCUT2D eigenvalue weighted by Gasteiger charge is -2.20. The van der Waals surface area contributed by atoms with E-state index in [1.165, 1.54) is 19.4 Å². The topological polar surface area (TPSA) is 15.3 Å². The van der Waals surface area contributed by atoms with Crippen LogP contribution in [0, 0.1) is 12.3 Å². The summed E-state index contributed by atoms with van der Waals surface area (Å²) in [6.45, 7) is 4.29. The van der Waals surface area contributed by atoms with E-state index in [1.807, 2.05) is 6.92 Å². The molecule has 0 bridgehead atoms. The minimum absolute atomic E-state index is 0.207. The minimum atomic E-state index is 0.207. The van der Waals surface area contributed by atoms with E-state index in [-0.39, 0.29) is 6.04 Å². The van der Waals surface area contributed by atoms with Gasteiger partial charge in [0.1, 0.15) is 0 Å². The van der Waals surface area contributed by atoms with E-state index in [9.17, 15) is 0 Å². The van der Waals surface area contributed by atoms with Gasteiger partial charge in [-0.1, -0.05) is 5.92 Å². The highest BCUT2D eigenvalue weighted by atomic mass is 15.2. The average Bonchev–Trinajstić information content (AvgIpc) is 2.47. The maximum atomic E-state index is 5.27. The standard InChI is InChI=1S/C10H18N2/c1-4-9(2)11-8-10-6-5-7-12(10)3/h1,9-11H,5-8H2,2-3H3. The van der Waals surface area contributed by atoms with Crippen LogP contribution in [-0.4, -0.2) is 37.1 Å². The Balaban J connectivity index is 2.19. The van der Waals surface area contributed by atoms with Crippen LogP contribution in [0.1, 0.15) is 19.8 Å². The molecule has 0 spiro atoms. The maximum Gasteiger partial charge on any atom is 0.0658 e. The third-order valence-electron chi connectivity index (χ3n) is 2.58. The molecule has 0 saturated carbocycles. The summed E-state index contributed by atoms with van der Waals surface area (Å²) in [5.74, 6) is 2.67. The SMILES string of the molecule is C#CC(C)NCC1CCCN1C. The fourth-order valence-corrected chi connectivity index (χ4v) is 1.61. The molecule has 1 aliphatic heterocycles. The molecule has 1 aliphatic rings. The van der Waals surface area contributed by atoms with Crippen molar-refractivity contribution in [1.82, 2.24) is 10.2 Å². The first-order valence-electron chi connectivity index (χ1n) is 4.64. The quantitative estimate of drug-likeness (QED) is 0.621. The second kappa shape index (κ2) is 4.49. The summed E-state index contributed by atoms with van der Waals surface area (Å²) in [6, 6.07) is 0.903. The molecule has 0 aromatic heterocycles. The summed E-state index contributed by atoms with van der Waals surface area (Å²) in [5, 5.41) is 3.33. The molecule has 2 unspecified atom stereocenters. The lowest BCUT2D eigenvalue weighted by molar-refractivity contribution is 0.298. The normalized spacial score (nSPS) is 26.9. The summed E-state index contributed by atoms with van der Waals surface area (Å²) in [6.07, 6.45) is 7.90. The number of nitrogens with zero attached hydrogens (tertiary/aromatic N) is 1. The number of nitrogens with one attached hydrogen (secondary N) is 1. The molecule has 68 valence electrons. The Morgan fingerprint density at radius 2 is 2.50 bits per heavy atom. The van der Waals surface area contributed by atoms with E-state index in [2.05, 4.69) is 23.2 Å². The van der Waals surface area contributed by atoms with Gasteiger partial charge in [0, 0.05) is 12.6 Å². The molecule has 12 heavy (non-hydrogen) atoms. The lowest BCUT2D eigenvalue weighted by Crippen LogP contribution is -2.38. The molecule has 0 amide bonds. The van der Waals surface area contributed by atoms with E-state index in [4.69, 9.17) is 6.42 Å². The molecule has 0 aromatic rings. The molecular formula is C10H18N2. The molecule has 0 radical (unpaired) electrons. The van der Waals surface area contributed by atoms with Crippen LogP contribution >= 0.6 is 0 Å². The Morgan fingerprint density at radius 3 is 3.00 bits per heavy atom. The zero-order valence-corrected chi connectivity index (χ0v) is 8.01. The average molecular weight is 166 g/mol. The van der Waals surface area contributed by atoms with Crippen LogP contribution < -0.4 is 5.32 Å². The van der Waals surface area contributed by atoms with Gasteiger partial charge in [0.25, 0.3) is 0 Å². The molecule has 1 heterocycles. The Hall–Kier alpha value is -0.520. The van der Waals surface area contributed by atoms with Gasteiger partial charge in [-0.15, -0.1) is 6.42 Å². The monoisotopic (exact) mass is 166 g/mol. The predicted octanol–water partition coefficient (Wildman–Crippen LogP) is 0.692. The number of likely N-dealkylation sites (N-methyl/N-ethyl adjacent to an activating group) is 1. The van der Waals surface area contributed by atoms with Crippen LogP contribution in [0.4, 0.5) is 0 Å². The first-order valence-corrected chi connectivity index (χ1v) is 4.64. The molecule has 2 nitrogen and oxygen atoms in total.